The predicted molar refractivity (Wildman–Crippen MR) is 55.4 cm³/mol. The van der Waals surface area contributed by atoms with Gasteiger partial charge in [-0.2, -0.15) is 0 Å². The number of alkyl halides is 2. The van der Waals surface area contributed by atoms with Gasteiger partial charge in [0.05, 0.1) is 0 Å². The number of hydrogen-bond donors (Lipinski definition) is 0. The number of hydrogen-bond acceptors (Lipinski definition) is 0. The van der Waals surface area contributed by atoms with Gasteiger partial charge < -0.3 is 0 Å². The van der Waals surface area contributed by atoms with Gasteiger partial charge in [0.2, 0.25) is 0 Å². The zero-order chi connectivity index (χ0) is 7.84. The molecule has 0 heterocycles. The van der Waals surface area contributed by atoms with Crippen molar-refractivity contribution in [1.82, 2.24) is 0 Å². The maximum Gasteiger partial charge on any atom is 0.0364 e. The Labute approximate surface area is 84.7 Å². The Morgan fingerprint density at radius 3 is 2.64 bits per heavy atom. The predicted octanol–water partition coefficient (Wildman–Crippen LogP) is 3.50. The van der Waals surface area contributed by atoms with Gasteiger partial charge in [0, 0.05) is 9.65 Å². The lowest BCUT2D eigenvalue weighted by molar-refractivity contribution is 0.317. The highest BCUT2D eigenvalue weighted by atomic mass is 79.9. The number of fused-ring (bicyclic) bond motifs is 2. The van der Waals surface area contributed by atoms with Crippen LogP contribution in [0.15, 0.2) is 12.2 Å². The average molecular weight is 280 g/mol. The zero-order valence-corrected chi connectivity index (χ0v) is 9.51. The van der Waals surface area contributed by atoms with E-state index in [1.165, 1.54) is 19.3 Å². The fourth-order valence-electron chi connectivity index (χ4n) is 2.15. The third kappa shape index (κ3) is 1.44. The summed E-state index contributed by atoms with van der Waals surface area (Å²) in [6, 6.07) is 0. The molecular weight excluding hydrogens is 268 g/mol. The maximum absolute atomic E-state index is 3.79. The summed E-state index contributed by atoms with van der Waals surface area (Å²) in [7, 11) is 0. The summed E-state index contributed by atoms with van der Waals surface area (Å²) < 4.78 is 0. The van der Waals surface area contributed by atoms with Gasteiger partial charge in [-0.3, -0.25) is 0 Å². The van der Waals surface area contributed by atoms with E-state index in [0.717, 1.165) is 16.7 Å². The molecule has 0 radical (unpaired) electrons. The van der Waals surface area contributed by atoms with Gasteiger partial charge in [-0.05, 0) is 24.7 Å². The third-order valence-electron chi connectivity index (χ3n) is 2.84. The van der Waals surface area contributed by atoms with Crippen molar-refractivity contribution in [2.24, 2.45) is 11.8 Å². The van der Waals surface area contributed by atoms with Crippen LogP contribution in [0.3, 0.4) is 0 Å². The van der Waals surface area contributed by atoms with Gasteiger partial charge in [0.15, 0.2) is 0 Å². The lowest BCUT2D eigenvalue weighted by atomic mass is 9.76. The van der Waals surface area contributed by atoms with E-state index in [1.807, 2.05) is 0 Å². The van der Waals surface area contributed by atoms with Crippen molar-refractivity contribution in [3.63, 3.8) is 0 Å². The molecule has 2 aliphatic rings. The van der Waals surface area contributed by atoms with Crippen LogP contribution in [0.1, 0.15) is 19.3 Å². The summed E-state index contributed by atoms with van der Waals surface area (Å²) >= 11 is 7.49. The average Bonchev–Trinajstić information content (AvgIpc) is 1.98. The van der Waals surface area contributed by atoms with Gasteiger partial charge in [-0.15, -0.1) is 0 Å². The molecule has 2 heteroatoms. The molecule has 4 atom stereocenters. The molecule has 0 amide bonds. The molecule has 0 N–H and O–H groups in total. The van der Waals surface area contributed by atoms with Gasteiger partial charge in [-0.25, -0.2) is 0 Å². The van der Waals surface area contributed by atoms with Crippen molar-refractivity contribution in [2.45, 2.75) is 28.9 Å². The molecule has 1 fully saturated rings. The number of allylic oxidation sites excluding steroid dienone is 2. The summed E-state index contributed by atoms with van der Waals surface area (Å²) in [5.41, 5.74) is 0. The van der Waals surface area contributed by atoms with Crippen LogP contribution in [0.4, 0.5) is 0 Å². The van der Waals surface area contributed by atoms with E-state index in [9.17, 15) is 0 Å². The minimum absolute atomic E-state index is 0.614. The number of rotatable bonds is 0. The second kappa shape index (κ2) is 3.21. The van der Waals surface area contributed by atoms with Crippen LogP contribution in [0.25, 0.3) is 0 Å². The van der Waals surface area contributed by atoms with Gasteiger partial charge in [-0.1, -0.05) is 50.4 Å². The van der Waals surface area contributed by atoms with E-state index in [4.69, 9.17) is 0 Å². The minimum Gasteiger partial charge on any atom is -0.0881 e. The van der Waals surface area contributed by atoms with E-state index in [2.05, 4.69) is 44.0 Å². The van der Waals surface area contributed by atoms with Crippen LogP contribution in [-0.2, 0) is 0 Å². The van der Waals surface area contributed by atoms with Gasteiger partial charge in [0.1, 0.15) is 0 Å². The van der Waals surface area contributed by atoms with Crippen molar-refractivity contribution < 1.29 is 0 Å². The Kier molecular flexibility index (Phi) is 2.43. The highest BCUT2D eigenvalue weighted by Gasteiger charge is 2.36. The highest BCUT2D eigenvalue weighted by molar-refractivity contribution is 9.10. The standard InChI is InChI=1S/C9H12Br2/c10-8-5-4-6-2-1-3-7(8)9(6)11/h4-9H,1-3H2/t6-,7+,8-,9+/m1/s1. The molecule has 11 heavy (non-hydrogen) atoms. The Hall–Kier alpha value is 0.700. The Balaban J connectivity index is 2.21. The fourth-order valence-corrected chi connectivity index (χ4v) is 4.37. The first-order chi connectivity index (χ1) is 5.29. The highest BCUT2D eigenvalue weighted by Crippen LogP contribution is 2.42. The fraction of sp³-hybridized carbons (Fsp3) is 0.778. The molecule has 62 valence electrons. The summed E-state index contributed by atoms with van der Waals surface area (Å²) in [6.45, 7) is 0. The summed E-state index contributed by atoms with van der Waals surface area (Å²) in [5, 5.41) is 0. The second-order valence-electron chi connectivity index (χ2n) is 3.53. The Morgan fingerprint density at radius 1 is 1.09 bits per heavy atom. The minimum atomic E-state index is 0.614. The largest absolute Gasteiger partial charge is 0.0881 e. The Morgan fingerprint density at radius 2 is 1.91 bits per heavy atom. The van der Waals surface area contributed by atoms with Crippen LogP contribution in [0, 0.1) is 11.8 Å². The van der Waals surface area contributed by atoms with Crippen LogP contribution in [-0.4, -0.2) is 9.65 Å². The van der Waals surface area contributed by atoms with Crippen LogP contribution in [0.5, 0.6) is 0 Å². The van der Waals surface area contributed by atoms with E-state index in [1.54, 1.807) is 0 Å². The van der Waals surface area contributed by atoms with Crippen LogP contribution in [0.2, 0.25) is 0 Å². The molecular formula is C9H12Br2. The van der Waals surface area contributed by atoms with Crippen LogP contribution < -0.4 is 0 Å². The second-order valence-corrected chi connectivity index (χ2v) is 5.65. The molecule has 0 aromatic heterocycles. The SMILES string of the molecule is Br[C@@H]1[C@H]2CCC[C@@H]1C=C[C@H]2Br. The van der Waals surface area contributed by atoms with E-state index < -0.39 is 0 Å². The molecule has 2 bridgehead atoms. The molecule has 2 rings (SSSR count). The normalized spacial score (nSPS) is 49.3. The first-order valence-corrected chi connectivity index (χ1v) is 6.08. The summed E-state index contributed by atoms with van der Waals surface area (Å²) in [5.74, 6) is 1.64. The van der Waals surface area contributed by atoms with Crippen molar-refractivity contribution in [3.8, 4) is 0 Å². The molecule has 0 aliphatic heterocycles. The van der Waals surface area contributed by atoms with Crippen molar-refractivity contribution in [3.05, 3.63) is 12.2 Å². The molecule has 0 aromatic rings. The molecule has 0 spiro atoms. The van der Waals surface area contributed by atoms with Gasteiger partial charge in [0.25, 0.3) is 0 Å². The van der Waals surface area contributed by atoms with E-state index >= 15 is 0 Å². The lowest BCUT2D eigenvalue weighted by Crippen LogP contribution is -2.35. The number of halogens is 2. The van der Waals surface area contributed by atoms with E-state index in [-0.39, 0.29) is 0 Å². The molecule has 1 saturated carbocycles. The van der Waals surface area contributed by atoms with Crippen molar-refractivity contribution in [2.75, 3.05) is 0 Å². The first-order valence-electron chi connectivity index (χ1n) is 4.25. The quantitative estimate of drug-likeness (QED) is 0.470. The maximum atomic E-state index is 3.79. The summed E-state index contributed by atoms with van der Waals surface area (Å²) in [4.78, 5) is 1.34. The monoisotopic (exact) mass is 278 g/mol. The zero-order valence-electron chi connectivity index (χ0n) is 6.34. The van der Waals surface area contributed by atoms with E-state index in [0.29, 0.717) is 4.83 Å². The molecule has 2 aliphatic carbocycles. The van der Waals surface area contributed by atoms with Crippen molar-refractivity contribution in [1.29, 1.82) is 0 Å². The molecule has 0 unspecified atom stereocenters. The van der Waals surface area contributed by atoms with Crippen LogP contribution >= 0.6 is 31.9 Å². The molecule has 0 nitrogen and oxygen atoms in total. The van der Waals surface area contributed by atoms with Crippen molar-refractivity contribution >= 4 is 31.9 Å². The van der Waals surface area contributed by atoms with Gasteiger partial charge >= 0.3 is 0 Å². The third-order valence-corrected chi connectivity index (χ3v) is 5.19. The molecule has 0 aromatic carbocycles. The summed E-state index contributed by atoms with van der Waals surface area (Å²) in [6.07, 6.45) is 8.86. The topological polar surface area (TPSA) is 0 Å². The smallest absolute Gasteiger partial charge is 0.0364 e. The lowest BCUT2D eigenvalue weighted by Gasteiger charge is -2.38. The molecule has 0 saturated heterocycles. The Bertz CT molecular complexity index is 176. The first kappa shape index (κ1) is 8.31.